The summed E-state index contributed by atoms with van der Waals surface area (Å²) in [6.45, 7) is 5.06. The second-order valence-corrected chi connectivity index (χ2v) is 5.99. The maximum atomic E-state index is 12.5. The van der Waals surface area contributed by atoms with Gasteiger partial charge >= 0.3 is 6.18 Å². The highest BCUT2D eigenvalue weighted by Crippen LogP contribution is 2.21. The fraction of sp³-hybridized carbons (Fsp3) is 0.692. The van der Waals surface area contributed by atoms with Crippen molar-refractivity contribution >= 4 is 5.91 Å². The van der Waals surface area contributed by atoms with Crippen LogP contribution in [0.5, 0.6) is 5.88 Å². The van der Waals surface area contributed by atoms with E-state index in [1.54, 1.807) is 27.7 Å². The summed E-state index contributed by atoms with van der Waals surface area (Å²) in [7, 11) is 0. The number of alkyl halides is 3. The number of hydrogen-bond acceptors (Lipinski definition) is 4. The fourth-order valence-electron chi connectivity index (χ4n) is 1.66. The van der Waals surface area contributed by atoms with Gasteiger partial charge in [-0.2, -0.15) is 13.2 Å². The summed E-state index contributed by atoms with van der Waals surface area (Å²) in [6, 6.07) is 1.45. The first-order valence-corrected chi connectivity index (χ1v) is 6.37. The van der Waals surface area contributed by atoms with Gasteiger partial charge in [-0.3, -0.25) is 4.79 Å². The van der Waals surface area contributed by atoms with Crippen molar-refractivity contribution in [3.8, 4) is 5.88 Å². The van der Waals surface area contributed by atoms with Crippen LogP contribution < -0.4 is 4.74 Å². The van der Waals surface area contributed by atoms with E-state index >= 15 is 0 Å². The number of ether oxygens (including phenoxy) is 1. The van der Waals surface area contributed by atoms with Gasteiger partial charge in [-0.1, -0.05) is 20.8 Å². The van der Waals surface area contributed by atoms with Crippen molar-refractivity contribution in [1.29, 1.82) is 0 Å². The average Bonchev–Trinajstić information content (AvgIpc) is 2.67. The molecule has 1 rings (SSSR count). The Morgan fingerprint density at radius 2 is 1.95 bits per heavy atom. The van der Waals surface area contributed by atoms with Crippen LogP contribution in [-0.2, 0) is 4.79 Å². The van der Waals surface area contributed by atoms with Crippen molar-refractivity contribution in [3.63, 3.8) is 0 Å². The predicted octanol–water partition coefficient (Wildman–Crippen LogP) is 2.80. The first-order valence-electron chi connectivity index (χ1n) is 6.37. The largest absolute Gasteiger partial charge is 0.465 e. The van der Waals surface area contributed by atoms with Gasteiger partial charge in [0, 0.05) is 12.6 Å². The second-order valence-electron chi connectivity index (χ2n) is 5.99. The first kappa shape index (κ1) is 17.3. The van der Waals surface area contributed by atoms with Crippen molar-refractivity contribution < 1.29 is 27.2 Å². The zero-order valence-electron chi connectivity index (χ0n) is 12.5. The Morgan fingerprint density at radius 1 is 1.33 bits per heavy atom. The Labute approximate surface area is 121 Å². The molecule has 1 heterocycles. The van der Waals surface area contributed by atoms with E-state index in [2.05, 4.69) is 5.16 Å². The van der Waals surface area contributed by atoms with Gasteiger partial charge in [0.1, 0.15) is 12.3 Å². The SMILES string of the molecule is Cc1cc(OCC(=O)N(CC(C)(C)C)CC(F)(F)F)no1. The molecule has 0 saturated carbocycles. The van der Waals surface area contributed by atoms with E-state index in [1.165, 1.54) is 6.07 Å². The van der Waals surface area contributed by atoms with Gasteiger partial charge in [0.05, 0.1) is 0 Å². The third-order valence-electron chi connectivity index (χ3n) is 2.34. The molecule has 0 fully saturated rings. The van der Waals surface area contributed by atoms with E-state index in [0.717, 1.165) is 4.90 Å². The van der Waals surface area contributed by atoms with E-state index < -0.39 is 30.7 Å². The van der Waals surface area contributed by atoms with Crippen LogP contribution in [0.25, 0.3) is 0 Å². The monoisotopic (exact) mass is 308 g/mol. The minimum absolute atomic E-state index is 0.0213. The van der Waals surface area contributed by atoms with E-state index in [0.29, 0.717) is 5.76 Å². The van der Waals surface area contributed by atoms with Crippen LogP contribution in [0.1, 0.15) is 26.5 Å². The molecule has 0 aliphatic rings. The Kier molecular flexibility index (Phi) is 5.25. The van der Waals surface area contributed by atoms with Gasteiger partial charge in [-0.25, -0.2) is 0 Å². The van der Waals surface area contributed by atoms with E-state index in [4.69, 9.17) is 9.26 Å². The number of aryl methyl sites for hydroxylation is 1. The van der Waals surface area contributed by atoms with Crippen LogP contribution in [0, 0.1) is 12.3 Å². The molecule has 1 aromatic rings. The highest BCUT2D eigenvalue weighted by atomic mass is 19.4. The standard InChI is InChI=1S/C13H19F3N2O3/c1-9-5-10(17-21-9)20-6-11(19)18(7-12(2,3)4)8-13(14,15)16/h5H,6-8H2,1-4H3. The maximum Gasteiger partial charge on any atom is 0.406 e. The van der Waals surface area contributed by atoms with Crippen LogP contribution in [0.15, 0.2) is 10.6 Å². The third-order valence-corrected chi connectivity index (χ3v) is 2.34. The van der Waals surface area contributed by atoms with E-state index in [1.807, 2.05) is 0 Å². The van der Waals surface area contributed by atoms with Gasteiger partial charge in [0.2, 0.25) is 0 Å². The Bertz CT molecular complexity index is 462. The molecular formula is C13H19F3N2O3. The Balaban J connectivity index is 2.66. The molecule has 0 N–H and O–H groups in total. The first-order chi connectivity index (χ1) is 9.46. The molecule has 0 aliphatic heterocycles. The number of carbonyl (C=O) groups excluding carboxylic acids is 1. The lowest BCUT2D eigenvalue weighted by Gasteiger charge is -2.30. The lowest BCUT2D eigenvalue weighted by atomic mass is 9.96. The van der Waals surface area contributed by atoms with Gasteiger partial charge in [-0.05, 0) is 17.5 Å². The smallest absolute Gasteiger partial charge is 0.406 e. The number of amides is 1. The topological polar surface area (TPSA) is 55.6 Å². The van der Waals surface area contributed by atoms with Gasteiger partial charge in [0.15, 0.2) is 6.61 Å². The minimum atomic E-state index is -4.45. The van der Waals surface area contributed by atoms with Crippen molar-refractivity contribution in [2.24, 2.45) is 5.41 Å². The highest BCUT2D eigenvalue weighted by Gasteiger charge is 2.34. The average molecular weight is 308 g/mol. The molecule has 0 unspecified atom stereocenters. The Hall–Kier alpha value is -1.73. The summed E-state index contributed by atoms with van der Waals surface area (Å²) in [4.78, 5) is 12.7. The summed E-state index contributed by atoms with van der Waals surface area (Å²) >= 11 is 0. The normalized spacial score (nSPS) is 12.3. The zero-order chi connectivity index (χ0) is 16.3. The van der Waals surface area contributed by atoms with Crippen LogP contribution in [0.2, 0.25) is 0 Å². The summed E-state index contributed by atoms with van der Waals surface area (Å²) in [5, 5.41) is 3.51. The highest BCUT2D eigenvalue weighted by molar-refractivity contribution is 5.77. The Morgan fingerprint density at radius 3 is 2.38 bits per heavy atom. The second kappa shape index (κ2) is 6.36. The zero-order valence-corrected chi connectivity index (χ0v) is 12.5. The molecule has 0 radical (unpaired) electrons. The van der Waals surface area contributed by atoms with E-state index in [9.17, 15) is 18.0 Å². The summed E-state index contributed by atoms with van der Waals surface area (Å²) in [6.07, 6.45) is -4.45. The van der Waals surface area contributed by atoms with Gasteiger partial charge < -0.3 is 14.2 Å². The molecular weight excluding hydrogens is 289 g/mol. The van der Waals surface area contributed by atoms with Crippen molar-refractivity contribution in [2.75, 3.05) is 19.7 Å². The number of hydrogen-bond donors (Lipinski definition) is 0. The van der Waals surface area contributed by atoms with Crippen LogP contribution in [0.3, 0.4) is 0 Å². The van der Waals surface area contributed by atoms with Crippen LogP contribution in [0.4, 0.5) is 13.2 Å². The lowest BCUT2D eigenvalue weighted by Crippen LogP contribution is -2.45. The maximum absolute atomic E-state index is 12.5. The number of rotatable bonds is 5. The van der Waals surface area contributed by atoms with E-state index in [-0.39, 0.29) is 12.4 Å². The molecule has 0 saturated heterocycles. The predicted molar refractivity (Wildman–Crippen MR) is 68.8 cm³/mol. The summed E-state index contributed by atoms with van der Waals surface area (Å²) < 4.78 is 47.4. The number of aromatic nitrogens is 1. The fourth-order valence-corrected chi connectivity index (χ4v) is 1.66. The van der Waals surface area contributed by atoms with Crippen LogP contribution >= 0.6 is 0 Å². The van der Waals surface area contributed by atoms with Crippen molar-refractivity contribution in [3.05, 3.63) is 11.8 Å². The number of carbonyl (C=O) groups is 1. The van der Waals surface area contributed by atoms with Crippen molar-refractivity contribution in [1.82, 2.24) is 10.1 Å². The molecule has 0 aliphatic carbocycles. The molecule has 0 spiro atoms. The summed E-state index contributed by atoms with van der Waals surface area (Å²) in [5.74, 6) is -0.189. The lowest BCUT2D eigenvalue weighted by molar-refractivity contribution is -0.164. The quantitative estimate of drug-likeness (QED) is 0.839. The molecule has 21 heavy (non-hydrogen) atoms. The molecule has 1 amide bonds. The van der Waals surface area contributed by atoms with Gasteiger partial charge in [-0.15, -0.1) is 0 Å². The number of nitrogens with zero attached hydrogens (tertiary/aromatic N) is 2. The van der Waals surface area contributed by atoms with Crippen LogP contribution in [-0.4, -0.2) is 41.8 Å². The third kappa shape index (κ3) is 7.01. The molecule has 120 valence electrons. The molecule has 1 aromatic heterocycles. The number of halogens is 3. The van der Waals surface area contributed by atoms with Crippen molar-refractivity contribution in [2.45, 2.75) is 33.9 Å². The molecule has 0 atom stereocenters. The minimum Gasteiger partial charge on any atom is -0.465 e. The molecule has 5 nitrogen and oxygen atoms in total. The molecule has 0 bridgehead atoms. The summed E-state index contributed by atoms with van der Waals surface area (Å²) in [5.41, 5.74) is -0.453. The molecule has 0 aromatic carbocycles. The molecule has 8 heteroatoms. The van der Waals surface area contributed by atoms with Gasteiger partial charge in [0.25, 0.3) is 11.8 Å².